The third-order valence-electron chi connectivity index (χ3n) is 4.46. The molecule has 1 heterocycles. The number of hydrogen-bond acceptors (Lipinski definition) is 6. The van der Waals surface area contributed by atoms with E-state index in [0.717, 1.165) is 4.90 Å². The normalized spacial score (nSPS) is 15.3. The topological polar surface area (TPSA) is 114 Å². The summed E-state index contributed by atoms with van der Waals surface area (Å²) in [4.78, 5) is 49.1. The van der Waals surface area contributed by atoms with Crippen LogP contribution in [0, 0.1) is 0 Å². The Balaban J connectivity index is 1.86. The van der Waals surface area contributed by atoms with E-state index in [9.17, 15) is 19.2 Å². The van der Waals surface area contributed by atoms with Gasteiger partial charge >= 0.3 is 12.0 Å². The zero-order valence-corrected chi connectivity index (χ0v) is 15.5. The van der Waals surface area contributed by atoms with Gasteiger partial charge in [-0.25, -0.2) is 4.79 Å². The summed E-state index contributed by atoms with van der Waals surface area (Å²) in [7, 11) is 1.50. The van der Waals surface area contributed by atoms with Crippen molar-refractivity contribution in [3.8, 4) is 5.75 Å². The summed E-state index contributed by atoms with van der Waals surface area (Å²) in [6.07, 6.45) is 0.838. The summed E-state index contributed by atoms with van der Waals surface area (Å²) >= 11 is 0. The quantitative estimate of drug-likeness (QED) is 0.521. The largest absolute Gasteiger partial charge is 0.497 e. The lowest BCUT2D eigenvalue weighted by atomic mass is 9.93. The summed E-state index contributed by atoms with van der Waals surface area (Å²) in [5.74, 6) is -1.29. The lowest BCUT2D eigenvalue weighted by Crippen LogP contribution is -2.46. The second-order valence-electron chi connectivity index (χ2n) is 6.05. The van der Waals surface area contributed by atoms with Crippen molar-refractivity contribution in [1.29, 1.82) is 0 Å². The molecule has 0 atom stereocenters. The number of imide groups is 1. The van der Waals surface area contributed by atoms with Gasteiger partial charge in [-0.3, -0.25) is 19.3 Å². The molecule has 9 nitrogen and oxygen atoms in total. The molecule has 1 saturated heterocycles. The highest BCUT2D eigenvalue weighted by molar-refractivity contribution is 6.08. The van der Waals surface area contributed by atoms with Crippen LogP contribution in [0.1, 0.15) is 26.7 Å². The number of esters is 1. The van der Waals surface area contributed by atoms with Gasteiger partial charge in [-0.1, -0.05) is 19.9 Å². The molecule has 1 aromatic carbocycles. The van der Waals surface area contributed by atoms with Crippen LogP contribution in [0.15, 0.2) is 24.3 Å². The molecular weight excluding hydrogens is 354 g/mol. The molecular formula is C18H23N3O6. The smallest absolute Gasteiger partial charge is 0.326 e. The Kier molecular flexibility index (Phi) is 6.38. The number of nitrogens with zero attached hydrogens (tertiary/aromatic N) is 1. The van der Waals surface area contributed by atoms with Crippen molar-refractivity contribution in [3.63, 3.8) is 0 Å². The van der Waals surface area contributed by atoms with Gasteiger partial charge in [0.1, 0.15) is 17.8 Å². The first-order valence-corrected chi connectivity index (χ1v) is 8.58. The maximum absolute atomic E-state index is 12.4. The summed E-state index contributed by atoms with van der Waals surface area (Å²) < 4.78 is 9.92. The van der Waals surface area contributed by atoms with E-state index in [2.05, 4.69) is 10.6 Å². The molecule has 1 aromatic rings. The van der Waals surface area contributed by atoms with Gasteiger partial charge in [-0.2, -0.15) is 0 Å². The fourth-order valence-corrected chi connectivity index (χ4v) is 2.77. The molecule has 0 unspecified atom stereocenters. The van der Waals surface area contributed by atoms with Crippen LogP contribution in [0.25, 0.3) is 0 Å². The second-order valence-corrected chi connectivity index (χ2v) is 6.05. The molecule has 9 heteroatoms. The molecule has 2 N–H and O–H groups in total. The monoisotopic (exact) mass is 377 g/mol. The van der Waals surface area contributed by atoms with E-state index >= 15 is 0 Å². The van der Waals surface area contributed by atoms with Crippen molar-refractivity contribution in [2.24, 2.45) is 0 Å². The minimum atomic E-state index is -0.985. The number of methoxy groups -OCH3 is 1. The maximum Gasteiger partial charge on any atom is 0.326 e. The number of hydrogen-bond donors (Lipinski definition) is 2. The van der Waals surface area contributed by atoms with Crippen LogP contribution in [0.2, 0.25) is 0 Å². The third kappa shape index (κ3) is 4.55. The summed E-state index contributed by atoms with van der Waals surface area (Å²) in [5.41, 5.74) is -0.499. The Morgan fingerprint density at radius 3 is 2.52 bits per heavy atom. The van der Waals surface area contributed by atoms with Crippen molar-refractivity contribution >= 4 is 29.5 Å². The van der Waals surface area contributed by atoms with E-state index in [1.54, 1.807) is 38.1 Å². The van der Waals surface area contributed by atoms with Gasteiger partial charge < -0.3 is 20.1 Å². The second kappa shape index (κ2) is 8.52. The first-order chi connectivity index (χ1) is 12.8. The lowest BCUT2D eigenvalue weighted by molar-refractivity contribution is -0.150. The van der Waals surface area contributed by atoms with Crippen molar-refractivity contribution in [3.05, 3.63) is 24.3 Å². The zero-order valence-electron chi connectivity index (χ0n) is 15.5. The molecule has 2 rings (SSSR count). The van der Waals surface area contributed by atoms with Gasteiger partial charge in [0.05, 0.1) is 7.11 Å². The number of anilines is 1. The van der Waals surface area contributed by atoms with Gasteiger partial charge in [-0.05, 0) is 25.0 Å². The Morgan fingerprint density at radius 1 is 1.22 bits per heavy atom. The number of carbonyl (C=O) groups is 4. The van der Waals surface area contributed by atoms with Crippen LogP contribution in [-0.2, 0) is 19.1 Å². The van der Waals surface area contributed by atoms with Crippen LogP contribution in [0.4, 0.5) is 10.5 Å². The van der Waals surface area contributed by atoms with Gasteiger partial charge in [0.15, 0.2) is 6.61 Å². The number of urea groups is 1. The van der Waals surface area contributed by atoms with Crippen LogP contribution in [0.3, 0.4) is 0 Å². The molecule has 1 aliphatic rings. The highest BCUT2D eigenvalue weighted by Gasteiger charge is 2.49. The Bertz CT molecular complexity index is 744. The van der Waals surface area contributed by atoms with Gasteiger partial charge in [-0.15, -0.1) is 0 Å². The summed E-state index contributed by atoms with van der Waals surface area (Å²) in [5, 5.41) is 5.18. The molecule has 0 bridgehead atoms. The Morgan fingerprint density at radius 2 is 1.93 bits per heavy atom. The van der Waals surface area contributed by atoms with Crippen molar-refractivity contribution in [1.82, 2.24) is 10.2 Å². The number of carbonyl (C=O) groups excluding carboxylic acids is 4. The number of ether oxygens (including phenoxy) is 2. The van der Waals surface area contributed by atoms with Crippen molar-refractivity contribution in [2.45, 2.75) is 32.2 Å². The molecule has 27 heavy (non-hydrogen) atoms. The molecule has 0 aromatic heterocycles. The van der Waals surface area contributed by atoms with E-state index < -0.39 is 42.5 Å². The Labute approximate surface area is 157 Å². The molecule has 1 fully saturated rings. The molecule has 0 saturated carbocycles. The summed E-state index contributed by atoms with van der Waals surface area (Å²) in [6, 6.07) is 6.06. The minimum Gasteiger partial charge on any atom is -0.497 e. The zero-order chi connectivity index (χ0) is 20.0. The fraction of sp³-hybridized carbons (Fsp3) is 0.444. The van der Waals surface area contributed by atoms with Gasteiger partial charge in [0.2, 0.25) is 0 Å². The van der Waals surface area contributed by atoms with Gasteiger partial charge in [0.25, 0.3) is 11.8 Å². The fourth-order valence-electron chi connectivity index (χ4n) is 2.77. The first kappa shape index (κ1) is 20.2. The lowest BCUT2D eigenvalue weighted by Gasteiger charge is -2.22. The molecule has 0 radical (unpaired) electrons. The SMILES string of the molecule is CCC1(CC)NC(=O)N(CC(=O)OCC(=O)Nc2cccc(OC)c2)C1=O. The molecule has 1 aliphatic heterocycles. The molecule has 4 amide bonds. The number of amides is 4. The van der Waals surface area contributed by atoms with Gasteiger partial charge in [0, 0.05) is 11.8 Å². The number of nitrogens with one attached hydrogen (secondary N) is 2. The van der Waals surface area contributed by atoms with E-state index in [1.165, 1.54) is 7.11 Å². The Hall–Kier alpha value is -3.10. The van der Waals surface area contributed by atoms with Crippen molar-refractivity contribution in [2.75, 3.05) is 25.6 Å². The standard InChI is InChI=1S/C18H23N3O6/c1-4-18(5-2)16(24)21(17(25)20-18)10-15(23)27-11-14(22)19-12-7-6-8-13(9-12)26-3/h6-9H,4-5,10-11H2,1-3H3,(H,19,22)(H,20,25). The molecule has 146 valence electrons. The highest BCUT2D eigenvalue weighted by atomic mass is 16.5. The average molecular weight is 377 g/mol. The third-order valence-corrected chi connectivity index (χ3v) is 4.46. The van der Waals surface area contributed by atoms with Crippen molar-refractivity contribution < 1.29 is 28.7 Å². The molecule has 0 aliphatic carbocycles. The maximum atomic E-state index is 12.4. The van der Waals surface area contributed by atoms with E-state index in [4.69, 9.17) is 9.47 Å². The van der Waals surface area contributed by atoms with Crippen LogP contribution >= 0.6 is 0 Å². The predicted octanol–water partition coefficient (Wildman–Crippen LogP) is 1.29. The number of rotatable bonds is 8. The van der Waals surface area contributed by atoms with Crippen LogP contribution in [0.5, 0.6) is 5.75 Å². The minimum absolute atomic E-state index is 0.419. The number of benzene rings is 1. The van der Waals surface area contributed by atoms with Crippen LogP contribution < -0.4 is 15.4 Å². The average Bonchev–Trinajstić information content (AvgIpc) is 2.91. The molecule has 0 spiro atoms. The summed E-state index contributed by atoms with van der Waals surface area (Å²) in [6.45, 7) is 2.49. The van der Waals surface area contributed by atoms with E-state index in [1.807, 2.05) is 0 Å². The van der Waals surface area contributed by atoms with Crippen LogP contribution in [-0.4, -0.2) is 54.5 Å². The highest BCUT2D eigenvalue weighted by Crippen LogP contribution is 2.24. The first-order valence-electron chi connectivity index (χ1n) is 8.58. The van der Waals surface area contributed by atoms with E-state index in [-0.39, 0.29) is 0 Å². The predicted molar refractivity (Wildman–Crippen MR) is 96.1 cm³/mol. The van der Waals surface area contributed by atoms with E-state index in [0.29, 0.717) is 24.3 Å².